The molecule has 168 valence electrons. The van der Waals surface area contributed by atoms with Crippen LogP contribution in [-0.2, 0) is 22.7 Å². The monoisotopic (exact) mass is 438 g/mol. The Hall–Kier alpha value is -3.39. The maximum atomic E-state index is 14.4. The SMILES string of the molecule is COc1ccc(CN2CCNC(=O)[C@H]2CC(=O)NCCn2ccc3ccccc32)c(F)c1. The summed E-state index contributed by atoms with van der Waals surface area (Å²) in [5.41, 5.74) is 1.58. The number of rotatable bonds is 8. The number of fused-ring (bicyclic) bond motifs is 1. The smallest absolute Gasteiger partial charge is 0.237 e. The number of benzene rings is 2. The highest BCUT2D eigenvalue weighted by molar-refractivity contribution is 5.88. The van der Waals surface area contributed by atoms with E-state index < -0.39 is 11.9 Å². The number of para-hydroxylation sites is 1. The largest absolute Gasteiger partial charge is 0.497 e. The lowest BCUT2D eigenvalue weighted by Crippen LogP contribution is -2.56. The molecule has 1 saturated heterocycles. The fourth-order valence-corrected chi connectivity index (χ4v) is 4.07. The Kier molecular flexibility index (Phi) is 6.70. The minimum absolute atomic E-state index is 0.0238. The quantitative estimate of drug-likeness (QED) is 0.566. The zero-order valence-electron chi connectivity index (χ0n) is 18.0. The lowest BCUT2D eigenvalue weighted by molar-refractivity contribution is -0.134. The number of amides is 2. The number of methoxy groups -OCH3 is 1. The van der Waals surface area contributed by atoms with Crippen LogP contribution >= 0.6 is 0 Å². The van der Waals surface area contributed by atoms with Gasteiger partial charge in [0, 0.05) is 56.1 Å². The summed E-state index contributed by atoms with van der Waals surface area (Å²) in [6, 6.07) is 14.1. The fraction of sp³-hybridized carbons (Fsp3) is 0.333. The molecule has 2 heterocycles. The highest BCUT2D eigenvalue weighted by Gasteiger charge is 2.32. The van der Waals surface area contributed by atoms with Crippen LogP contribution in [0.1, 0.15) is 12.0 Å². The minimum Gasteiger partial charge on any atom is -0.497 e. The van der Waals surface area contributed by atoms with Crippen LogP contribution < -0.4 is 15.4 Å². The van der Waals surface area contributed by atoms with Gasteiger partial charge in [-0.2, -0.15) is 0 Å². The van der Waals surface area contributed by atoms with Gasteiger partial charge in [0.05, 0.1) is 19.6 Å². The molecular formula is C24H27FN4O3. The predicted molar refractivity (Wildman–Crippen MR) is 120 cm³/mol. The maximum Gasteiger partial charge on any atom is 0.237 e. The van der Waals surface area contributed by atoms with Gasteiger partial charge < -0.3 is 19.9 Å². The fourth-order valence-electron chi connectivity index (χ4n) is 4.07. The Morgan fingerprint density at radius 2 is 2.09 bits per heavy atom. The van der Waals surface area contributed by atoms with Crippen LogP contribution in [0.25, 0.3) is 10.9 Å². The molecule has 1 aliphatic rings. The molecule has 0 bridgehead atoms. The molecule has 0 spiro atoms. The molecule has 7 nitrogen and oxygen atoms in total. The summed E-state index contributed by atoms with van der Waals surface area (Å²) in [5, 5.41) is 6.87. The summed E-state index contributed by atoms with van der Waals surface area (Å²) >= 11 is 0. The molecule has 1 aromatic heterocycles. The third-order valence-electron chi connectivity index (χ3n) is 5.81. The van der Waals surface area contributed by atoms with Gasteiger partial charge in [0.1, 0.15) is 11.6 Å². The van der Waals surface area contributed by atoms with Gasteiger partial charge >= 0.3 is 0 Å². The molecule has 1 aliphatic heterocycles. The lowest BCUT2D eigenvalue weighted by atomic mass is 10.1. The average molecular weight is 439 g/mol. The van der Waals surface area contributed by atoms with E-state index in [-0.39, 0.29) is 24.8 Å². The van der Waals surface area contributed by atoms with Crippen molar-refractivity contribution in [3.8, 4) is 5.75 Å². The summed E-state index contributed by atoms with van der Waals surface area (Å²) in [5.74, 6) is -0.369. The molecule has 2 aromatic carbocycles. The summed E-state index contributed by atoms with van der Waals surface area (Å²) in [4.78, 5) is 26.9. The van der Waals surface area contributed by atoms with E-state index in [0.717, 1.165) is 10.9 Å². The van der Waals surface area contributed by atoms with Crippen molar-refractivity contribution >= 4 is 22.7 Å². The number of nitrogens with one attached hydrogen (secondary N) is 2. The Labute approximate surface area is 186 Å². The van der Waals surface area contributed by atoms with Crippen LogP contribution in [0.15, 0.2) is 54.7 Å². The number of hydrogen-bond donors (Lipinski definition) is 2. The molecule has 0 unspecified atom stereocenters. The van der Waals surface area contributed by atoms with Crippen molar-refractivity contribution in [2.75, 3.05) is 26.7 Å². The van der Waals surface area contributed by atoms with Gasteiger partial charge in [0.25, 0.3) is 0 Å². The van der Waals surface area contributed by atoms with E-state index in [0.29, 0.717) is 37.5 Å². The summed E-state index contributed by atoms with van der Waals surface area (Å²) in [6.07, 6.45) is 2.02. The highest BCUT2D eigenvalue weighted by atomic mass is 19.1. The zero-order valence-corrected chi connectivity index (χ0v) is 18.0. The molecule has 8 heteroatoms. The van der Waals surface area contributed by atoms with E-state index in [2.05, 4.69) is 15.2 Å². The molecule has 0 aliphatic carbocycles. The van der Waals surface area contributed by atoms with Crippen LogP contribution in [0.5, 0.6) is 5.75 Å². The Morgan fingerprint density at radius 3 is 2.91 bits per heavy atom. The third-order valence-corrected chi connectivity index (χ3v) is 5.81. The second-order valence-electron chi connectivity index (χ2n) is 7.86. The first-order chi connectivity index (χ1) is 15.5. The van der Waals surface area contributed by atoms with Crippen molar-refractivity contribution in [3.63, 3.8) is 0 Å². The van der Waals surface area contributed by atoms with E-state index in [1.807, 2.05) is 41.4 Å². The molecule has 4 rings (SSSR count). The van der Waals surface area contributed by atoms with Gasteiger partial charge in [0.2, 0.25) is 11.8 Å². The van der Waals surface area contributed by atoms with Gasteiger partial charge in [-0.3, -0.25) is 14.5 Å². The molecule has 1 fully saturated rings. The molecule has 32 heavy (non-hydrogen) atoms. The molecule has 0 saturated carbocycles. The Balaban J connectivity index is 1.35. The van der Waals surface area contributed by atoms with Gasteiger partial charge in [0.15, 0.2) is 0 Å². The number of carbonyl (C=O) groups excluding carboxylic acids is 2. The first-order valence-corrected chi connectivity index (χ1v) is 10.7. The van der Waals surface area contributed by atoms with Crippen LogP contribution in [-0.4, -0.2) is 54.1 Å². The van der Waals surface area contributed by atoms with Gasteiger partial charge in [-0.05, 0) is 23.6 Å². The number of aromatic nitrogens is 1. The van der Waals surface area contributed by atoms with Crippen LogP contribution in [0.2, 0.25) is 0 Å². The number of carbonyl (C=O) groups is 2. The third kappa shape index (κ3) is 4.91. The van der Waals surface area contributed by atoms with E-state index >= 15 is 0 Å². The average Bonchev–Trinajstić information content (AvgIpc) is 3.20. The summed E-state index contributed by atoms with van der Waals surface area (Å²) in [7, 11) is 1.48. The molecule has 1 atom stereocenters. The molecule has 2 N–H and O–H groups in total. The van der Waals surface area contributed by atoms with Gasteiger partial charge in [-0.15, -0.1) is 0 Å². The van der Waals surface area contributed by atoms with Crippen molar-refractivity contribution in [1.29, 1.82) is 0 Å². The van der Waals surface area contributed by atoms with Crippen LogP contribution in [0.3, 0.4) is 0 Å². The van der Waals surface area contributed by atoms with Crippen molar-refractivity contribution in [3.05, 3.63) is 66.1 Å². The number of nitrogens with zero attached hydrogens (tertiary/aromatic N) is 2. The number of hydrogen-bond acceptors (Lipinski definition) is 4. The Bertz CT molecular complexity index is 1110. The van der Waals surface area contributed by atoms with Gasteiger partial charge in [-0.1, -0.05) is 24.3 Å². The van der Waals surface area contributed by atoms with Crippen LogP contribution in [0.4, 0.5) is 4.39 Å². The standard InChI is InChI=1S/C24H27FN4O3/c1-32-19-7-6-18(20(25)14-19)16-29-13-10-27-24(31)22(29)15-23(30)26-9-12-28-11-8-17-4-2-3-5-21(17)28/h2-8,11,14,22H,9-10,12-13,15-16H2,1H3,(H,26,30)(H,27,31)/t22-/m1/s1. The second kappa shape index (κ2) is 9.82. The molecule has 0 radical (unpaired) electrons. The second-order valence-corrected chi connectivity index (χ2v) is 7.86. The normalized spacial score (nSPS) is 16.7. The van der Waals surface area contributed by atoms with Crippen molar-refractivity contribution in [1.82, 2.24) is 20.1 Å². The zero-order chi connectivity index (χ0) is 22.5. The first-order valence-electron chi connectivity index (χ1n) is 10.7. The number of piperazine rings is 1. The molecule has 2 amide bonds. The maximum absolute atomic E-state index is 14.4. The number of ether oxygens (including phenoxy) is 1. The molecule has 3 aromatic rings. The highest BCUT2D eigenvalue weighted by Crippen LogP contribution is 2.20. The van der Waals surface area contributed by atoms with Crippen LogP contribution in [0, 0.1) is 5.82 Å². The van der Waals surface area contributed by atoms with Crippen molar-refractivity contribution < 1.29 is 18.7 Å². The van der Waals surface area contributed by atoms with E-state index in [1.165, 1.54) is 13.2 Å². The summed E-state index contributed by atoms with van der Waals surface area (Å²) < 4.78 is 21.5. The van der Waals surface area contributed by atoms with Crippen molar-refractivity contribution in [2.24, 2.45) is 0 Å². The van der Waals surface area contributed by atoms with Crippen molar-refractivity contribution in [2.45, 2.75) is 25.6 Å². The van der Waals surface area contributed by atoms with E-state index in [1.54, 1.807) is 12.1 Å². The number of halogens is 1. The van der Waals surface area contributed by atoms with Gasteiger partial charge in [-0.25, -0.2) is 4.39 Å². The topological polar surface area (TPSA) is 75.6 Å². The van der Waals surface area contributed by atoms with E-state index in [9.17, 15) is 14.0 Å². The lowest BCUT2D eigenvalue weighted by Gasteiger charge is -2.34. The first kappa shape index (κ1) is 21.8. The van der Waals surface area contributed by atoms with E-state index in [4.69, 9.17) is 4.74 Å². The Morgan fingerprint density at radius 1 is 1.25 bits per heavy atom. The minimum atomic E-state index is -0.641. The predicted octanol–water partition coefficient (Wildman–Crippen LogP) is 2.30. The summed E-state index contributed by atoms with van der Waals surface area (Å²) in [6.45, 7) is 2.35. The molecular weight excluding hydrogens is 411 g/mol.